The standard InChI is InChI=1S/C15H23N5O/c1-6-7-16-13-10(3)14(20-12(5)19-13)18-11(4)15-17-8-9(2)21-15/h8,11H,6-7H2,1-5H3,(H2,16,18,19,20). The lowest BCUT2D eigenvalue weighted by Gasteiger charge is -2.16. The molecule has 0 bridgehead atoms. The minimum absolute atomic E-state index is 0.0503. The van der Waals surface area contributed by atoms with Crippen LogP contribution in [-0.4, -0.2) is 21.5 Å². The Morgan fingerprint density at radius 3 is 2.52 bits per heavy atom. The number of nitrogens with zero attached hydrogens (tertiary/aromatic N) is 3. The second-order valence-electron chi connectivity index (χ2n) is 5.19. The van der Waals surface area contributed by atoms with Crippen molar-refractivity contribution in [1.82, 2.24) is 15.0 Å². The van der Waals surface area contributed by atoms with Crippen molar-refractivity contribution in [1.29, 1.82) is 0 Å². The van der Waals surface area contributed by atoms with Crippen molar-refractivity contribution >= 4 is 11.6 Å². The van der Waals surface area contributed by atoms with Gasteiger partial charge in [0.1, 0.15) is 29.3 Å². The van der Waals surface area contributed by atoms with Gasteiger partial charge in [-0.25, -0.2) is 15.0 Å². The lowest BCUT2D eigenvalue weighted by molar-refractivity contribution is 0.453. The molecule has 2 heterocycles. The van der Waals surface area contributed by atoms with Gasteiger partial charge in [0.2, 0.25) is 5.89 Å². The van der Waals surface area contributed by atoms with Crippen LogP contribution in [0.1, 0.15) is 49.3 Å². The van der Waals surface area contributed by atoms with Gasteiger partial charge in [-0.15, -0.1) is 0 Å². The normalized spacial score (nSPS) is 12.2. The van der Waals surface area contributed by atoms with Crippen LogP contribution in [0.15, 0.2) is 10.6 Å². The molecule has 0 amide bonds. The predicted molar refractivity (Wildman–Crippen MR) is 83.6 cm³/mol. The number of nitrogens with one attached hydrogen (secondary N) is 2. The fraction of sp³-hybridized carbons (Fsp3) is 0.533. The zero-order valence-electron chi connectivity index (χ0n) is 13.3. The largest absolute Gasteiger partial charge is 0.444 e. The number of rotatable bonds is 6. The maximum absolute atomic E-state index is 5.55. The monoisotopic (exact) mass is 289 g/mol. The van der Waals surface area contributed by atoms with E-state index >= 15 is 0 Å². The number of oxazole rings is 1. The number of hydrogen-bond donors (Lipinski definition) is 2. The zero-order chi connectivity index (χ0) is 15.4. The zero-order valence-corrected chi connectivity index (χ0v) is 13.3. The van der Waals surface area contributed by atoms with Crippen LogP contribution in [0.2, 0.25) is 0 Å². The van der Waals surface area contributed by atoms with Crippen molar-refractivity contribution in [2.45, 2.75) is 47.1 Å². The first-order valence-electron chi connectivity index (χ1n) is 7.29. The third kappa shape index (κ3) is 3.71. The van der Waals surface area contributed by atoms with Gasteiger partial charge in [-0.1, -0.05) is 6.92 Å². The Kier molecular flexibility index (Phi) is 4.77. The van der Waals surface area contributed by atoms with Crippen LogP contribution in [-0.2, 0) is 0 Å². The van der Waals surface area contributed by atoms with E-state index in [4.69, 9.17) is 4.42 Å². The Morgan fingerprint density at radius 2 is 1.90 bits per heavy atom. The summed E-state index contributed by atoms with van der Waals surface area (Å²) in [5.41, 5.74) is 1.00. The van der Waals surface area contributed by atoms with Gasteiger partial charge in [0.25, 0.3) is 0 Å². The first-order valence-corrected chi connectivity index (χ1v) is 7.29. The highest BCUT2D eigenvalue weighted by Crippen LogP contribution is 2.24. The number of anilines is 2. The Balaban J connectivity index is 2.20. The highest BCUT2D eigenvalue weighted by atomic mass is 16.4. The average Bonchev–Trinajstić information content (AvgIpc) is 2.87. The Morgan fingerprint density at radius 1 is 1.19 bits per heavy atom. The molecule has 21 heavy (non-hydrogen) atoms. The molecule has 0 saturated carbocycles. The maximum atomic E-state index is 5.55. The molecule has 0 fully saturated rings. The quantitative estimate of drug-likeness (QED) is 0.849. The van der Waals surface area contributed by atoms with Crippen molar-refractivity contribution < 1.29 is 4.42 Å². The molecular weight excluding hydrogens is 266 g/mol. The van der Waals surface area contributed by atoms with Crippen molar-refractivity contribution in [2.75, 3.05) is 17.2 Å². The summed E-state index contributed by atoms with van der Waals surface area (Å²) in [5, 5.41) is 6.68. The molecule has 2 N–H and O–H groups in total. The van der Waals surface area contributed by atoms with Gasteiger partial charge in [-0.2, -0.15) is 0 Å². The Labute approximate surface area is 125 Å². The molecule has 0 aliphatic carbocycles. The fourth-order valence-corrected chi connectivity index (χ4v) is 2.02. The van der Waals surface area contributed by atoms with Crippen molar-refractivity contribution in [3.63, 3.8) is 0 Å². The van der Waals surface area contributed by atoms with E-state index in [2.05, 4.69) is 32.5 Å². The smallest absolute Gasteiger partial charge is 0.216 e. The summed E-state index contributed by atoms with van der Waals surface area (Å²) >= 11 is 0. The lowest BCUT2D eigenvalue weighted by Crippen LogP contribution is -2.13. The molecular formula is C15H23N5O. The van der Waals surface area contributed by atoms with E-state index in [1.54, 1.807) is 6.20 Å². The molecule has 2 aromatic rings. The molecule has 1 atom stereocenters. The molecule has 114 valence electrons. The van der Waals surface area contributed by atoms with Crippen LogP contribution in [0.25, 0.3) is 0 Å². The summed E-state index contributed by atoms with van der Waals surface area (Å²) in [6, 6.07) is -0.0503. The second-order valence-corrected chi connectivity index (χ2v) is 5.19. The van der Waals surface area contributed by atoms with Crippen LogP contribution in [0.4, 0.5) is 11.6 Å². The van der Waals surface area contributed by atoms with E-state index in [0.717, 1.165) is 41.7 Å². The first-order chi connectivity index (χ1) is 10.0. The third-order valence-electron chi connectivity index (χ3n) is 3.16. The van der Waals surface area contributed by atoms with Crippen molar-refractivity contribution in [2.24, 2.45) is 0 Å². The van der Waals surface area contributed by atoms with E-state index in [9.17, 15) is 0 Å². The highest BCUT2D eigenvalue weighted by Gasteiger charge is 2.15. The SMILES string of the molecule is CCCNc1nc(C)nc(NC(C)c2ncc(C)o2)c1C. The molecule has 2 rings (SSSR count). The number of hydrogen-bond acceptors (Lipinski definition) is 6. The summed E-state index contributed by atoms with van der Waals surface area (Å²) in [7, 11) is 0. The van der Waals surface area contributed by atoms with Crippen LogP contribution in [0.5, 0.6) is 0 Å². The van der Waals surface area contributed by atoms with Crippen LogP contribution < -0.4 is 10.6 Å². The molecule has 0 aliphatic heterocycles. The summed E-state index contributed by atoms with van der Waals surface area (Å²) < 4.78 is 5.55. The van der Waals surface area contributed by atoms with Gasteiger partial charge in [0.05, 0.1) is 6.20 Å². The van der Waals surface area contributed by atoms with Gasteiger partial charge in [-0.3, -0.25) is 0 Å². The second kappa shape index (κ2) is 6.56. The van der Waals surface area contributed by atoms with E-state index in [0.29, 0.717) is 5.89 Å². The van der Waals surface area contributed by atoms with Crippen LogP contribution in [0, 0.1) is 20.8 Å². The molecule has 6 heteroatoms. The van der Waals surface area contributed by atoms with Gasteiger partial charge in [-0.05, 0) is 34.1 Å². The molecule has 6 nitrogen and oxygen atoms in total. The molecule has 0 aliphatic rings. The minimum atomic E-state index is -0.0503. The van der Waals surface area contributed by atoms with Gasteiger partial charge in [0, 0.05) is 12.1 Å². The van der Waals surface area contributed by atoms with E-state index in [1.165, 1.54) is 0 Å². The summed E-state index contributed by atoms with van der Waals surface area (Å²) in [6.45, 7) is 10.8. The molecule has 0 spiro atoms. The third-order valence-corrected chi connectivity index (χ3v) is 3.16. The van der Waals surface area contributed by atoms with Crippen molar-refractivity contribution in [3.05, 3.63) is 29.2 Å². The molecule has 0 saturated heterocycles. The minimum Gasteiger partial charge on any atom is -0.444 e. The Hall–Kier alpha value is -2.11. The van der Waals surface area contributed by atoms with Gasteiger partial charge >= 0.3 is 0 Å². The summed E-state index contributed by atoms with van der Waals surface area (Å²) in [6.07, 6.45) is 2.77. The summed E-state index contributed by atoms with van der Waals surface area (Å²) in [4.78, 5) is 13.2. The molecule has 1 unspecified atom stereocenters. The van der Waals surface area contributed by atoms with Gasteiger partial charge < -0.3 is 15.1 Å². The topological polar surface area (TPSA) is 75.9 Å². The highest BCUT2D eigenvalue weighted by molar-refractivity contribution is 5.57. The number of aromatic nitrogens is 3. The molecule has 0 radical (unpaired) electrons. The van der Waals surface area contributed by atoms with Crippen molar-refractivity contribution in [3.8, 4) is 0 Å². The first kappa shape index (κ1) is 15.3. The maximum Gasteiger partial charge on any atom is 0.216 e. The van der Waals surface area contributed by atoms with E-state index in [-0.39, 0.29) is 6.04 Å². The van der Waals surface area contributed by atoms with Crippen LogP contribution in [0.3, 0.4) is 0 Å². The predicted octanol–water partition coefficient (Wildman–Crippen LogP) is 3.38. The Bertz CT molecular complexity index is 608. The summed E-state index contributed by atoms with van der Waals surface area (Å²) in [5.74, 6) is 3.88. The van der Waals surface area contributed by atoms with E-state index in [1.807, 2.05) is 27.7 Å². The van der Waals surface area contributed by atoms with Crippen LogP contribution >= 0.6 is 0 Å². The van der Waals surface area contributed by atoms with E-state index < -0.39 is 0 Å². The molecule has 0 aromatic carbocycles. The lowest BCUT2D eigenvalue weighted by atomic mass is 10.2. The van der Waals surface area contributed by atoms with Gasteiger partial charge in [0.15, 0.2) is 0 Å². The molecule has 2 aromatic heterocycles. The number of aryl methyl sites for hydroxylation is 2. The fourth-order valence-electron chi connectivity index (χ4n) is 2.02. The average molecular weight is 289 g/mol.